The van der Waals surface area contributed by atoms with Gasteiger partial charge in [0.25, 0.3) is 20.0 Å². The fraction of sp³-hybridized carbons (Fsp3) is 0. The van der Waals surface area contributed by atoms with E-state index in [1.807, 2.05) is 0 Å². The van der Waals surface area contributed by atoms with Crippen molar-refractivity contribution in [3.05, 3.63) is 87.2 Å². The first-order chi connectivity index (χ1) is 17.5. The summed E-state index contributed by atoms with van der Waals surface area (Å²) in [5.41, 5.74) is 2.09. The van der Waals surface area contributed by atoms with Crippen LogP contribution in [0.1, 0.15) is 0 Å². The molecule has 37 heavy (non-hydrogen) atoms. The third-order valence-electron chi connectivity index (χ3n) is 5.04. The first-order valence-corrected chi connectivity index (χ1v) is 15.2. The fourth-order valence-corrected chi connectivity index (χ4v) is 7.28. The Morgan fingerprint density at radius 3 is 2.11 bits per heavy atom. The Kier molecular flexibility index (Phi) is 6.86. The van der Waals surface area contributed by atoms with Crippen molar-refractivity contribution in [2.24, 2.45) is 0 Å². The van der Waals surface area contributed by atoms with Crippen LogP contribution in [0, 0.1) is 0 Å². The largest absolute Gasteiger partial charge is 0.436 e. The van der Waals surface area contributed by atoms with E-state index in [0.29, 0.717) is 32.4 Å². The summed E-state index contributed by atoms with van der Waals surface area (Å²) in [6.45, 7) is 0. The molecule has 14 heteroatoms. The van der Waals surface area contributed by atoms with E-state index in [-0.39, 0.29) is 25.0 Å². The molecule has 0 aliphatic rings. The number of benzene rings is 3. The van der Waals surface area contributed by atoms with Crippen molar-refractivity contribution in [1.29, 1.82) is 0 Å². The number of nitrogens with zero attached hydrogens (tertiary/aromatic N) is 1. The van der Waals surface area contributed by atoms with Gasteiger partial charge in [0.1, 0.15) is 9.73 Å². The Bertz CT molecular complexity index is 1850. The van der Waals surface area contributed by atoms with Gasteiger partial charge in [-0.25, -0.2) is 21.8 Å². The van der Waals surface area contributed by atoms with Gasteiger partial charge in [-0.2, -0.15) is 0 Å². The first-order valence-electron chi connectivity index (χ1n) is 10.3. The Balaban J connectivity index is 1.35. The normalized spacial score (nSPS) is 12.1. The second-order valence-electron chi connectivity index (χ2n) is 7.62. The van der Waals surface area contributed by atoms with Crippen molar-refractivity contribution in [1.82, 2.24) is 4.98 Å². The molecule has 2 heterocycles. The number of halogens is 3. The van der Waals surface area contributed by atoms with E-state index in [0.717, 1.165) is 11.3 Å². The lowest BCUT2D eigenvalue weighted by Gasteiger charge is -2.09. The Labute approximate surface area is 230 Å². The summed E-state index contributed by atoms with van der Waals surface area (Å²) >= 11 is 18.6. The zero-order valence-corrected chi connectivity index (χ0v) is 23.0. The predicted octanol–water partition coefficient (Wildman–Crippen LogP) is 7.12. The van der Waals surface area contributed by atoms with Gasteiger partial charge < -0.3 is 4.42 Å². The lowest BCUT2D eigenvalue weighted by atomic mass is 10.2. The molecule has 2 N–H and O–H groups in total. The molecule has 190 valence electrons. The standard InChI is InChI=1S/C23H14Cl3N3O5S3/c24-17-7-6-16(12-18(17)25)36(30,31)28-14-3-1-13(2-4-14)23-27-19-11-15(5-8-20(19)34-23)29-37(32,33)22-10-9-21(26)35-22/h1-12,28-29H. The predicted molar refractivity (Wildman–Crippen MR) is 147 cm³/mol. The zero-order valence-electron chi connectivity index (χ0n) is 18.3. The maximum Gasteiger partial charge on any atom is 0.271 e. The minimum atomic E-state index is -3.88. The summed E-state index contributed by atoms with van der Waals surface area (Å²) in [4.78, 5) is 4.41. The molecule has 0 saturated heterocycles. The lowest BCUT2D eigenvalue weighted by Crippen LogP contribution is -2.12. The summed E-state index contributed by atoms with van der Waals surface area (Å²) in [7, 11) is -7.68. The molecule has 0 aliphatic carbocycles. The fourth-order valence-electron chi connectivity index (χ4n) is 3.30. The average molecular weight is 615 g/mol. The van der Waals surface area contributed by atoms with E-state index in [2.05, 4.69) is 14.4 Å². The summed E-state index contributed by atoms with van der Waals surface area (Å²) in [6, 6.07) is 18.1. The lowest BCUT2D eigenvalue weighted by molar-refractivity contribution is 0.600. The van der Waals surface area contributed by atoms with Gasteiger partial charge >= 0.3 is 0 Å². The van der Waals surface area contributed by atoms with Crippen molar-refractivity contribution < 1.29 is 21.3 Å². The number of rotatable bonds is 7. The van der Waals surface area contributed by atoms with Crippen LogP contribution in [0.3, 0.4) is 0 Å². The van der Waals surface area contributed by atoms with Gasteiger partial charge in [0.15, 0.2) is 5.58 Å². The first kappa shape index (κ1) is 25.8. The third kappa shape index (κ3) is 5.57. The minimum absolute atomic E-state index is 0.0291. The number of thiophene rings is 1. The smallest absolute Gasteiger partial charge is 0.271 e. The highest BCUT2D eigenvalue weighted by Crippen LogP contribution is 2.31. The number of sulfonamides is 2. The molecule has 8 nitrogen and oxygen atoms in total. The van der Waals surface area contributed by atoms with Crippen LogP contribution in [-0.2, 0) is 20.0 Å². The molecule has 0 bridgehead atoms. The molecular formula is C23H14Cl3N3O5S3. The van der Waals surface area contributed by atoms with E-state index < -0.39 is 20.0 Å². The van der Waals surface area contributed by atoms with E-state index in [1.54, 1.807) is 42.5 Å². The average Bonchev–Trinajstić information content (AvgIpc) is 3.47. The van der Waals surface area contributed by atoms with E-state index in [1.165, 1.54) is 30.3 Å². The maximum absolute atomic E-state index is 12.7. The van der Waals surface area contributed by atoms with Crippen LogP contribution in [0.4, 0.5) is 11.4 Å². The van der Waals surface area contributed by atoms with Crippen LogP contribution in [-0.4, -0.2) is 21.8 Å². The van der Waals surface area contributed by atoms with Crippen LogP contribution in [0.15, 0.2) is 86.3 Å². The Morgan fingerprint density at radius 2 is 1.43 bits per heavy atom. The van der Waals surface area contributed by atoms with Crippen LogP contribution in [0.25, 0.3) is 22.6 Å². The second kappa shape index (κ2) is 9.82. The number of hydrogen-bond donors (Lipinski definition) is 2. The van der Waals surface area contributed by atoms with Crippen LogP contribution >= 0.6 is 46.1 Å². The maximum atomic E-state index is 12.7. The SMILES string of the molecule is O=S(=O)(Nc1ccc(-c2nc3cc(NS(=O)(=O)c4ccc(Cl)s4)ccc3o2)cc1)c1ccc(Cl)c(Cl)c1. The van der Waals surface area contributed by atoms with Crippen molar-refractivity contribution in [2.75, 3.05) is 9.44 Å². The van der Waals surface area contributed by atoms with Crippen molar-refractivity contribution in [3.8, 4) is 11.5 Å². The highest BCUT2D eigenvalue weighted by atomic mass is 35.5. The molecule has 0 aliphatic heterocycles. The van der Waals surface area contributed by atoms with Crippen molar-refractivity contribution in [2.45, 2.75) is 9.10 Å². The third-order valence-corrected chi connectivity index (χ3v) is 10.3. The van der Waals surface area contributed by atoms with Crippen LogP contribution < -0.4 is 9.44 Å². The molecule has 0 radical (unpaired) electrons. The van der Waals surface area contributed by atoms with Crippen LogP contribution in [0.2, 0.25) is 14.4 Å². The molecule has 0 amide bonds. The minimum Gasteiger partial charge on any atom is -0.436 e. The zero-order chi connectivity index (χ0) is 26.4. The number of anilines is 2. The van der Waals surface area contributed by atoms with Crippen molar-refractivity contribution in [3.63, 3.8) is 0 Å². The van der Waals surface area contributed by atoms with E-state index in [4.69, 9.17) is 39.2 Å². The number of nitrogens with one attached hydrogen (secondary N) is 2. The van der Waals surface area contributed by atoms with Gasteiger partial charge in [-0.15, -0.1) is 11.3 Å². The molecular weight excluding hydrogens is 601 g/mol. The van der Waals surface area contributed by atoms with E-state index >= 15 is 0 Å². The topological polar surface area (TPSA) is 118 Å². The molecule has 0 unspecified atom stereocenters. The number of aromatic nitrogens is 1. The Hall–Kier alpha value is -2.80. The highest BCUT2D eigenvalue weighted by molar-refractivity contribution is 7.94. The molecule has 2 aromatic heterocycles. The summed E-state index contributed by atoms with van der Waals surface area (Å²) in [5, 5.41) is 0.378. The van der Waals surface area contributed by atoms with Gasteiger partial charge in [0.2, 0.25) is 5.89 Å². The van der Waals surface area contributed by atoms with Crippen LogP contribution in [0.5, 0.6) is 0 Å². The molecule has 0 atom stereocenters. The molecule has 5 aromatic rings. The van der Waals surface area contributed by atoms with Gasteiger partial charge in [0, 0.05) is 11.3 Å². The second-order valence-corrected chi connectivity index (χ2v) is 13.7. The number of hydrogen-bond acceptors (Lipinski definition) is 7. The number of fused-ring (bicyclic) bond motifs is 1. The van der Waals surface area contributed by atoms with E-state index in [9.17, 15) is 16.8 Å². The Morgan fingerprint density at radius 1 is 0.730 bits per heavy atom. The molecule has 0 fully saturated rings. The summed E-state index contributed by atoms with van der Waals surface area (Å²) in [6.07, 6.45) is 0. The summed E-state index contributed by atoms with van der Waals surface area (Å²) in [5.74, 6) is 0.277. The molecule has 3 aromatic carbocycles. The monoisotopic (exact) mass is 613 g/mol. The van der Waals surface area contributed by atoms with Gasteiger partial charge in [0.05, 0.1) is 25.0 Å². The van der Waals surface area contributed by atoms with Gasteiger partial charge in [-0.3, -0.25) is 9.44 Å². The highest BCUT2D eigenvalue weighted by Gasteiger charge is 2.19. The number of oxazole rings is 1. The molecule has 5 rings (SSSR count). The van der Waals surface area contributed by atoms with Gasteiger partial charge in [-0.05, 0) is 72.8 Å². The van der Waals surface area contributed by atoms with Gasteiger partial charge in [-0.1, -0.05) is 34.8 Å². The summed E-state index contributed by atoms with van der Waals surface area (Å²) < 4.78 is 61.7. The quantitative estimate of drug-likeness (QED) is 0.202. The molecule has 0 saturated carbocycles. The van der Waals surface area contributed by atoms with Crippen molar-refractivity contribution >= 4 is 88.7 Å². The molecule has 0 spiro atoms.